The average molecular weight is 244 g/mol. The predicted molar refractivity (Wildman–Crippen MR) is 45.8 cm³/mol. The van der Waals surface area contributed by atoms with Crippen LogP contribution in [0.2, 0.25) is 0 Å². The van der Waals surface area contributed by atoms with Crippen LogP contribution in [-0.4, -0.2) is 3.23 Å². The Labute approximate surface area is 68.3 Å². The molecule has 0 unspecified atom stereocenters. The van der Waals surface area contributed by atoms with Crippen LogP contribution in [0.5, 0.6) is 0 Å². The van der Waals surface area contributed by atoms with Crippen LogP contribution in [0.25, 0.3) is 0 Å². The summed E-state index contributed by atoms with van der Waals surface area (Å²) in [7, 11) is 0. The van der Waals surface area contributed by atoms with Crippen molar-refractivity contribution in [1.82, 2.24) is 0 Å². The Hall–Kier alpha value is 0.960. The van der Waals surface area contributed by atoms with Gasteiger partial charge < -0.3 is 0 Å². The van der Waals surface area contributed by atoms with E-state index in [4.69, 9.17) is 0 Å². The van der Waals surface area contributed by atoms with Gasteiger partial charge in [0.1, 0.15) is 0 Å². The zero-order chi connectivity index (χ0) is 6.62. The van der Waals surface area contributed by atoms with Crippen molar-refractivity contribution < 1.29 is 0 Å². The first-order valence-corrected chi connectivity index (χ1v) is 4.59. The highest BCUT2D eigenvalue weighted by Gasteiger charge is 2.17. The van der Waals surface area contributed by atoms with E-state index in [1.165, 1.54) is 12.8 Å². The minimum Gasteiger partial charge on any atom is -0.0727 e. The molecule has 0 aliphatic heterocycles. The SMILES string of the molecule is CCCC(Br)(Br)CC. The Morgan fingerprint density at radius 2 is 1.75 bits per heavy atom. The molecule has 50 valence electrons. The summed E-state index contributed by atoms with van der Waals surface area (Å²) in [5.74, 6) is 0. The summed E-state index contributed by atoms with van der Waals surface area (Å²) in [6, 6.07) is 0. The molecule has 0 rings (SSSR count). The van der Waals surface area contributed by atoms with E-state index < -0.39 is 0 Å². The van der Waals surface area contributed by atoms with Crippen LogP contribution >= 0.6 is 31.9 Å². The molecule has 0 aromatic carbocycles. The van der Waals surface area contributed by atoms with Crippen molar-refractivity contribution in [3.05, 3.63) is 0 Å². The van der Waals surface area contributed by atoms with Gasteiger partial charge in [-0.1, -0.05) is 52.1 Å². The van der Waals surface area contributed by atoms with Crippen LogP contribution in [0.4, 0.5) is 0 Å². The zero-order valence-electron chi connectivity index (χ0n) is 5.38. The normalized spacial score (nSPS) is 12.0. The monoisotopic (exact) mass is 242 g/mol. The van der Waals surface area contributed by atoms with Gasteiger partial charge in [-0.25, -0.2) is 0 Å². The maximum absolute atomic E-state index is 3.56. The van der Waals surface area contributed by atoms with Crippen molar-refractivity contribution in [3.63, 3.8) is 0 Å². The number of rotatable bonds is 3. The molecule has 0 N–H and O–H groups in total. The quantitative estimate of drug-likeness (QED) is 0.664. The van der Waals surface area contributed by atoms with Crippen molar-refractivity contribution in [2.24, 2.45) is 0 Å². The zero-order valence-corrected chi connectivity index (χ0v) is 8.55. The number of hydrogen-bond donors (Lipinski definition) is 0. The molecule has 0 aliphatic carbocycles. The fourth-order valence-corrected chi connectivity index (χ4v) is 1.34. The van der Waals surface area contributed by atoms with Gasteiger partial charge in [-0.3, -0.25) is 0 Å². The summed E-state index contributed by atoms with van der Waals surface area (Å²) >= 11 is 7.12. The Morgan fingerprint density at radius 3 is 1.88 bits per heavy atom. The predicted octanol–water partition coefficient (Wildman–Crippen LogP) is 3.68. The second-order valence-electron chi connectivity index (χ2n) is 1.96. The van der Waals surface area contributed by atoms with Gasteiger partial charge in [-0.05, 0) is 12.8 Å². The number of halogens is 2. The van der Waals surface area contributed by atoms with Crippen LogP contribution in [-0.2, 0) is 0 Å². The minimum absolute atomic E-state index is 0.217. The molecule has 0 heterocycles. The van der Waals surface area contributed by atoms with E-state index >= 15 is 0 Å². The fraction of sp³-hybridized carbons (Fsp3) is 1.00. The maximum Gasteiger partial charge on any atom is 0.0803 e. The molecule has 0 saturated heterocycles. The molecule has 0 saturated carbocycles. The van der Waals surface area contributed by atoms with E-state index in [0.29, 0.717) is 0 Å². The molecule has 0 radical (unpaired) electrons. The highest BCUT2D eigenvalue weighted by molar-refractivity contribution is 9.25. The highest BCUT2D eigenvalue weighted by atomic mass is 79.9. The molecule has 0 bridgehead atoms. The molecule has 0 atom stereocenters. The largest absolute Gasteiger partial charge is 0.0803 e. The first-order valence-electron chi connectivity index (χ1n) is 3.00. The lowest BCUT2D eigenvalue weighted by Crippen LogP contribution is -2.07. The van der Waals surface area contributed by atoms with Crippen molar-refractivity contribution in [2.45, 2.75) is 36.3 Å². The van der Waals surface area contributed by atoms with Crippen molar-refractivity contribution in [1.29, 1.82) is 0 Å². The lowest BCUT2D eigenvalue weighted by atomic mass is 10.2. The summed E-state index contributed by atoms with van der Waals surface area (Å²) in [5, 5.41) is 0. The first-order chi connectivity index (χ1) is 3.62. The molecule has 0 spiro atoms. The Kier molecular flexibility index (Phi) is 4.35. The molecule has 0 aliphatic rings. The van der Waals surface area contributed by atoms with Gasteiger partial charge >= 0.3 is 0 Å². The van der Waals surface area contributed by atoms with Gasteiger partial charge in [-0.15, -0.1) is 0 Å². The lowest BCUT2D eigenvalue weighted by molar-refractivity contribution is 0.698. The summed E-state index contributed by atoms with van der Waals surface area (Å²) in [4.78, 5) is 0. The highest BCUT2D eigenvalue weighted by Crippen LogP contribution is 2.34. The Balaban J connectivity index is 3.37. The third kappa shape index (κ3) is 3.90. The van der Waals surface area contributed by atoms with Gasteiger partial charge in [0.25, 0.3) is 0 Å². The van der Waals surface area contributed by atoms with Gasteiger partial charge in [0.2, 0.25) is 0 Å². The van der Waals surface area contributed by atoms with Gasteiger partial charge in [0.15, 0.2) is 0 Å². The molecule has 8 heavy (non-hydrogen) atoms. The van der Waals surface area contributed by atoms with Crippen LogP contribution in [0.3, 0.4) is 0 Å². The first kappa shape index (κ1) is 8.96. The lowest BCUT2D eigenvalue weighted by Gasteiger charge is -2.15. The molecule has 0 aromatic rings. The Morgan fingerprint density at radius 1 is 1.25 bits per heavy atom. The number of hydrogen-bond acceptors (Lipinski definition) is 0. The van der Waals surface area contributed by atoms with E-state index in [1.54, 1.807) is 0 Å². The van der Waals surface area contributed by atoms with Gasteiger partial charge in [-0.2, -0.15) is 0 Å². The van der Waals surface area contributed by atoms with Crippen molar-refractivity contribution in [2.75, 3.05) is 0 Å². The summed E-state index contributed by atoms with van der Waals surface area (Å²) in [5.41, 5.74) is 0. The molecular formula is C6H12Br2. The van der Waals surface area contributed by atoms with E-state index in [9.17, 15) is 0 Å². The van der Waals surface area contributed by atoms with Crippen LogP contribution in [0.1, 0.15) is 33.1 Å². The van der Waals surface area contributed by atoms with Gasteiger partial charge in [0.05, 0.1) is 3.23 Å². The summed E-state index contributed by atoms with van der Waals surface area (Å²) < 4.78 is 0.217. The minimum atomic E-state index is 0.217. The van der Waals surface area contributed by atoms with E-state index in [0.717, 1.165) is 6.42 Å². The number of alkyl halides is 2. The van der Waals surface area contributed by atoms with Crippen molar-refractivity contribution in [3.8, 4) is 0 Å². The topological polar surface area (TPSA) is 0 Å². The van der Waals surface area contributed by atoms with E-state index in [1.807, 2.05) is 0 Å². The maximum atomic E-state index is 3.56. The average Bonchev–Trinajstić information content (AvgIpc) is 1.67. The Bertz CT molecular complexity index is 59.5. The molecule has 0 amide bonds. The van der Waals surface area contributed by atoms with Crippen LogP contribution in [0, 0.1) is 0 Å². The third-order valence-corrected chi connectivity index (χ3v) is 3.05. The molecular weight excluding hydrogens is 232 g/mol. The second kappa shape index (κ2) is 3.89. The van der Waals surface area contributed by atoms with Gasteiger partial charge in [0, 0.05) is 0 Å². The van der Waals surface area contributed by atoms with Crippen LogP contribution < -0.4 is 0 Å². The second-order valence-corrected chi connectivity index (χ2v) is 6.06. The summed E-state index contributed by atoms with van der Waals surface area (Å²) in [6.45, 7) is 4.35. The standard InChI is InChI=1S/C6H12Br2/c1-3-5-6(7,8)4-2/h3-5H2,1-2H3. The third-order valence-electron chi connectivity index (χ3n) is 1.13. The molecule has 0 fully saturated rings. The fourth-order valence-electron chi connectivity index (χ4n) is 0.543. The molecule has 2 heteroatoms. The van der Waals surface area contributed by atoms with E-state index in [-0.39, 0.29) is 3.23 Å². The molecule has 0 aromatic heterocycles. The summed E-state index contributed by atoms with van der Waals surface area (Å²) in [6.07, 6.45) is 3.56. The van der Waals surface area contributed by atoms with Crippen LogP contribution in [0.15, 0.2) is 0 Å². The van der Waals surface area contributed by atoms with E-state index in [2.05, 4.69) is 45.7 Å². The smallest absolute Gasteiger partial charge is 0.0727 e. The molecule has 0 nitrogen and oxygen atoms in total. The van der Waals surface area contributed by atoms with Crippen molar-refractivity contribution >= 4 is 31.9 Å².